The summed E-state index contributed by atoms with van der Waals surface area (Å²) in [5.41, 5.74) is 8.87. The van der Waals surface area contributed by atoms with E-state index >= 15 is 0 Å². The number of aryl methyl sites for hydroxylation is 1. The van der Waals surface area contributed by atoms with Crippen LogP contribution in [0.4, 0.5) is 11.9 Å². The molecular formula is C10H11N7. The van der Waals surface area contributed by atoms with Crippen molar-refractivity contribution in [1.29, 1.82) is 0 Å². The number of hydrogen-bond acceptors (Lipinski definition) is 7. The largest absolute Gasteiger partial charge is 0.368 e. The van der Waals surface area contributed by atoms with Crippen LogP contribution >= 0.6 is 0 Å². The Morgan fingerprint density at radius 2 is 2.18 bits per heavy atom. The molecule has 0 saturated heterocycles. The van der Waals surface area contributed by atoms with Crippen molar-refractivity contribution in [1.82, 2.24) is 19.9 Å². The van der Waals surface area contributed by atoms with Gasteiger partial charge in [0.1, 0.15) is 5.82 Å². The van der Waals surface area contributed by atoms with E-state index in [1.165, 1.54) is 0 Å². The highest BCUT2D eigenvalue weighted by Crippen LogP contribution is 2.01. The lowest BCUT2D eigenvalue weighted by Crippen LogP contribution is -2.04. The summed E-state index contributed by atoms with van der Waals surface area (Å²) in [6.07, 6.45) is 3.25. The van der Waals surface area contributed by atoms with Gasteiger partial charge < -0.3 is 5.73 Å². The fourth-order valence-electron chi connectivity index (χ4n) is 1.16. The second-order valence-corrected chi connectivity index (χ2v) is 3.19. The molecule has 7 nitrogen and oxygen atoms in total. The summed E-state index contributed by atoms with van der Waals surface area (Å²) in [6, 6.07) is 5.54. The van der Waals surface area contributed by atoms with Gasteiger partial charge in [-0.1, -0.05) is 6.07 Å². The van der Waals surface area contributed by atoms with Gasteiger partial charge in [-0.25, -0.2) is 5.43 Å². The zero-order valence-corrected chi connectivity index (χ0v) is 9.20. The monoisotopic (exact) mass is 229 g/mol. The summed E-state index contributed by atoms with van der Waals surface area (Å²) >= 11 is 0. The average Bonchev–Trinajstić information content (AvgIpc) is 2.29. The van der Waals surface area contributed by atoms with Crippen molar-refractivity contribution < 1.29 is 0 Å². The normalized spacial score (nSPS) is 10.6. The molecular weight excluding hydrogens is 218 g/mol. The van der Waals surface area contributed by atoms with Crippen LogP contribution in [0.3, 0.4) is 0 Å². The molecule has 86 valence electrons. The molecule has 0 bridgehead atoms. The molecule has 17 heavy (non-hydrogen) atoms. The molecule has 2 heterocycles. The first-order chi connectivity index (χ1) is 8.24. The molecule has 0 atom stereocenters. The van der Waals surface area contributed by atoms with Gasteiger partial charge in [0.15, 0.2) is 0 Å². The van der Waals surface area contributed by atoms with Crippen LogP contribution in [0, 0.1) is 6.92 Å². The van der Waals surface area contributed by atoms with E-state index in [0.717, 1.165) is 5.69 Å². The first kappa shape index (κ1) is 10.9. The van der Waals surface area contributed by atoms with E-state index in [0.29, 0.717) is 11.8 Å². The van der Waals surface area contributed by atoms with Crippen molar-refractivity contribution in [2.24, 2.45) is 5.10 Å². The van der Waals surface area contributed by atoms with Gasteiger partial charge in [-0.2, -0.15) is 20.1 Å². The first-order valence-corrected chi connectivity index (χ1v) is 4.92. The molecule has 0 aromatic carbocycles. The number of hydrogen-bond donors (Lipinski definition) is 2. The number of nitrogens with one attached hydrogen (secondary N) is 1. The molecule has 0 saturated carbocycles. The molecule has 2 aromatic heterocycles. The number of anilines is 2. The summed E-state index contributed by atoms with van der Waals surface area (Å²) in [5, 5.41) is 3.95. The lowest BCUT2D eigenvalue weighted by atomic mass is 10.4. The molecule has 0 radical (unpaired) electrons. The summed E-state index contributed by atoms with van der Waals surface area (Å²) in [5.74, 6) is 1.00. The smallest absolute Gasteiger partial charge is 0.248 e. The summed E-state index contributed by atoms with van der Waals surface area (Å²) in [4.78, 5) is 15.8. The number of pyridine rings is 1. The maximum Gasteiger partial charge on any atom is 0.248 e. The number of nitrogen functional groups attached to an aromatic ring is 1. The minimum absolute atomic E-state index is 0.160. The van der Waals surface area contributed by atoms with Gasteiger partial charge in [0.25, 0.3) is 0 Å². The van der Waals surface area contributed by atoms with Gasteiger partial charge in [0, 0.05) is 6.20 Å². The SMILES string of the molecule is Cc1nc(N)nc(N/N=C/c2ccccn2)n1. The van der Waals surface area contributed by atoms with Gasteiger partial charge in [-0.15, -0.1) is 0 Å². The molecule has 0 fully saturated rings. The molecule has 0 aliphatic rings. The van der Waals surface area contributed by atoms with Crippen molar-refractivity contribution in [3.63, 3.8) is 0 Å². The van der Waals surface area contributed by atoms with Crippen molar-refractivity contribution in [3.05, 3.63) is 35.9 Å². The average molecular weight is 229 g/mol. The summed E-state index contributed by atoms with van der Waals surface area (Å²) in [6.45, 7) is 1.73. The first-order valence-electron chi connectivity index (χ1n) is 4.92. The molecule has 7 heteroatoms. The predicted molar refractivity (Wildman–Crippen MR) is 64.4 cm³/mol. The van der Waals surface area contributed by atoms with Gasteiger partial charge in [0.2, 0.25) is 11.9 Å². The Hall–Kier alpha value is -2.57. The van der Waals surface area contributed by atoms with E-state index in [-0.39, 0.29) is 5.95 Å². The highest BCUT2D eigenvalue weighted by Gasteiger charge is 1.98. The second kappa shape index (κ2) is 4.97. The minimum Gasteiger partial charge on any atom is -0.368 e. The molecule has 0 aliphatic carbocycles. The van der Waals surface area contributed by atoms with Crippen LogP contribution in [-0.2, 0) is 0 Å². The molecule has 0 amide bonds. The second-order valence-electron chi connectivity index (χ2n) is 3.19. The van der Waals surface area contributed by atoms with Crippen LogP contribution in [0.1, 0.15) is 11.5 Å². The third-order valence-corrected chi connectivity index (χ3v) is 1.81. The summed E-state index contributed by atoms with van der Waals surface area (Å²) in [7, 11) is 0. The fourth-order valence-corrected chi connectivity index (χ4v) is 1.16. The zero-order chi connectivity index (χ0) is 12.1. The predicted octanol–water partition coefficient (Wildman–Crippen LogP) is 0.603. The van der Waals surface area contributed by atoms with E-state index in [4.69, 9.17) is 5.73 Å². The number of nitrogens with zero attached hydrogens (tertiary/aromatic N) is 5. The van der Waals surface area contributed by atoms with Gasteiger partial charge in [0.05, 0.1) is 11.9 Å². The topological polar surface area (TPSA) is 102 Å². The van der Waals surface area contributed by atoms with Crippen LogP contribution in [0.15, 0.2) is 29.5 Å². The molecule has 2 aromatic rings. The Kier molecular flexibility index (Phi) is 3.20. The van der Waals surface area contributed by atoms with Crippen LogP contribution in [0.25, 0.3) is 0 Å². The van der Waals surface area contributed by atoms with E-state index in [1.54, 1.807) is 19.3 Å². The van der Waals surface area contributed by atoms with E-state index in [1.807, 2.05) is 18.2 Å². The van der Waals surface area contributed by atoms with E-state index in [9.17, 15) is 0 Å². The lowest BCUT2D eigenvalue weighted by Gasteiger charge is -2.00. The number of nitrogens with two attached hydrogens (primary N) is 1. The molecule has 3 N–H and O–H groups in total. The standard InChI is InChI=1S/C10H11N7/c1-7-14-9(11)16-10(15-7)17-13-6-8-4-2-3-5-12-8/h2-6H,1H3,(H3,11,14,15,16,17)/b13-6+. The van der Waals surface area contributed by atoms with Crippen LogP contribution in [0.5, 0.6) is 0 Å². The Labute approximate surface area is 97.9 Å². The van der Waals surface area contributed by atoms with Gasteiger partial charge >= 0.3 is 0 Å². The highest BCUT2D eigenvalue weighted by molar-refractivity contribution is 5.77. The van der Waals surface area contributed by atoms with Gasteiger partial charge in [-0.3, -0.25) is 4.98 Å². The molecule has 0 spiro atoms. The van der Waals surface area contributed by atoms with Crippen molar-refractivity contribution in [2.75, 3.05) is 11.2 Å². The van der Waals surface area contributed by atoms with Crippen LogP contribution < -0.4 is 11.2 Å². The third-order valence-electron chi connectivity index (χ3n) is 1.81. The number of hydrazone groups is 1. The maximum atomic E-state index is 5.48. The zero-order valence-electron chi connectivity index (χ0n) is 9.20. The molecule has 0 unspecified atom stereocenters. The Balaban J connectivity index is 2.05. The lowest BCUT2D eigenvalue weighted by molar-refractivity contribution is 0.980. The highest BCUT2D eigenvalue weighted by atomic mass is 15.4. The minimum atomic E-state index is 0.160. The quantitative estimate of drug-likeness (QED) is 0.590. The maximum absolute atomic E-state index is 5.48. The van der Waals surface area contributed by atoms with Crippen LogP contribution in [-0.4, -0.2) is 26.2 Å². The van der Waals surface area contributed by atoms with Crippen molar-refractivity contribution in [3.8, 4) is 0 Å². The molecule has 0 aliphatic heterocycles. The Bertz CT molecular complexity index is 503. The summed E-state index contributed by atoms with van der Waals surface area (Å²) < 4.78 is 0. The van der Waals surface area contributed by atoms with E-state index in [2.05, 4.69) is 30.5 Å². The Morgan fingerprint density at radius 1 is 1.29 bits per heavy atom. The number of aromatic nitrogens is 4. The number of rotatable bonds is 3. The van der Waals surface area contributed by atoms with Gasteiger partial charge in [-0.05, 0) is 19.1 Å². The van der Waals surface area contributed by atoms with Crippen LogP contribution in [0.2, 0.25) is 0 Å². The Morgan fingerprint density at radius 3 is 2.88 bits per heavy atom. The van der Waals surface area contributed by atoms with E-state index < -0.39 is 0 Å². The van der Waals surface area contributed by atoms with Crippen molar-refractivity contribution >= 4 is 18.1 Å². The fraction of sp³-hybridized carbons (Fsp3) is 0.100. The molecule has 2 rings (SSSR count). The van der Waals surface area contributed by atoms with Crippen molar-refractivity contribution in [2.45, 2.75) is 6.92 Å². The third kappa shape index (κ3) is 3.20.